The van der Waals surface area contributed by atoms with Crippen molar-refractivity contribution in [2.75, 3.05) is 16.1 Å². The van der Waals surface area contributed by atoms with Crippen LogP contribution in [0.5, 0.6) is 5.75 Å². The molecule has 158 valence electrons. The first-order valence-corrected chi connectivity index (χ1v) is 12.2. The number of hydrogen-bond donors (Lipinski definition) is 2. The molecule has 0 atom stereocenters. The van der Waals surface area contributed by atoms with E-state index in [-0.39, 0.29) is 15.5 Å². The Balaban J connectivity index is 1.73. The average molecular weight is 467 g/mol. The first-order chi connectivity index (χ1) is 14.2. The standard InChI is InChI=1S/C20H19ClN2O5S2/c1-2-28-18-9-13-20(14-10-18)30(26,27)23-17-7-11-19(12-8-17)29(24,25)22-16-5-3-15(21)4-6-16/h3-14,22-23H,2H2,1H3. The molecular formula is C20H19ClN2O5S2. The number of nitrogens with one attached hydrogen (secondary N) is 2. The molecule has 7 nitrogen and oxygen atoms in total. The smallest absolute Gasteiger partial charge is 0.261 e. The van der Waals surface area contributed by atoms with E-state index in [1.807, 2.05) is 6.92 Å². The molecule has 0 fully saturated rings. The molecule has 0 radical (unpaired) electrons. The lowest BCUT2D eigenvalue weighted by molar-refractivity contribution is 0.340. The van der Waals surface area contributed by atoms with Gasteiger partial charge < -0.3 is 4.74 Å². The van der Waals surface area contributed by atoms with Crippen LogP contribution in [-0.4, -0.2) is 23.4 Å². The molecule has 0 saturated heterocycles. The predicted molar refractivity (Wildman–Crippen MR) is 117 cm³/mol. The van der Waals surface area contributed by atoms with Gasteiger partial charge in [-0.15, -0.1) is 0 Å². The summed E-state index contributed by atoms with van der Waals surface area (Å²) in [5.41, 5.74) is 0.592. The van der Waals surface area contributed by atoms with Gasteiger partial charge in [0.15, 0.2) is 0 Å². The van der Waals surface area contributed by atoms with Gasteiger partial charge >= 0.3 is 0 Å². The van der Waals surface area contributed by atoms with Gasteiger partial charge in [0.25, 0.3) is 20.0 Å². The summed E-state index contributed by atoms with van der Waals surface area (Å²) < 4.78 is 60.2. The molecule has 0 heterocycles. The molecule has 10 heteroatoms. The van der Waals surface area contributed by atoms with E-state index in [1.54, 1.807) is 36.4 Å². The molecule has 0 amide bonds. The average Bonchev–Trinajstić information content (AvgIpc) is 2.70. The lowest BCUT2D eigenvalue weighted by atomic mass is 10.3. The Morgan fingerprint density at radius 3 is 1.53 bits per heavy atom. The minimum Gasteiger partial charge on any atom is -0.494 e. The summed E-state index contributed by atoms with van der Waals surface area (Å²) in [6.45, 7) is 2.31. The molecule has 3 aromatic rings. The molecule has 30 heavy (non-hydrogen) atoms. The van der Waals surface area contributed by atoms with Crippen LogP contribution < -0.4 is 14.2 Å². The fourth-order valence-electron chi connectivity index (χ4n) is 2.53. The molecule has 3 rings (SSSR count). The molecule has 0 aromatic heterocycles. The SMILES string of the molecule is CCOc1ccc(S(=O)(=O)Nc2ccc(S(=O)(=O)Nc3ccc(Cl)cc3)cc2)cc1. The summed E-state index contributed by atoms with van der Waals surface area (Å²) in [6, 6.07) is 17.6. The summed E-state index contributed by atoms with van der Waals surface area (Å²) in [5, 5.41) is 0.488. The van der Waals surface area contributed by atoms with Crippen LogP contribution in [-0.2, 0) is 20.0 Å². The number of anilines is 2. The number of rotatable bonds is 8. The summed E-state index contributed by atoms with van der Waals surface area (Å²) in [6.07, 6.45) is 0. The van der Waals surface area contributed by atoms with Crippen molar-refractivity contribution in [1.82, 2.24) is 0 Å². The minimum absolute atomic E-state index is 0.0125. The zero-order valence-electron chi connectivity index (χ0n) is 15.9. The van der Waals surface area contributed by atoms with Crippen molar-refractivity contribution < 1.29 is 21.6 Å². The number of ether oxygens (including phenoxy) is 1. The number of halogens is 1. The Kier molecular flexibility index (Phi) is 6.55. The summed E-state index contributed by atoms with van der Waals surface area (Å²) in [7, 11) is -7.66. The Bertz CT molecular complexity index is 1210. The monoisotopic (exact) mass is 466 g/mol. The second-order valence-electron chi connectivity index (χ2n) is 6.15. The normalized spacial score (nSPS) is 11.7. The fourth-order valence-corrected chi connectivity index (χ4v) is 4.77. The van der Waals surface area contributed by atoms with Gasteiger partial charge in [0, 0.05) is 16.4 Å². The van der Waals surface area contributed by atoms with Crippen LogP contribution >= 0.6 is 11.6 Å². The zero-order chi connectivity index (χ0) is 21.8. The topological polar surface area (TPSA) is 102 Å². The van der Waals surface area contributed by atoms with E-state index in [9.17, 15) is 16.8 Å². The predicted octanol–water partition coefficient (Wildman–Crippen LogP) is 4.34. The third kappa shape index (κ3) is 5.44. The van der Waals surface area contributed by atoms with Crippen molar-refractivity contribution in [3.63, 3.8) is 0 Å². The van der Waals surface area contributed by atoms with Gasteiger partial charge in [-0.3, -0.25) is 9.44 Å². The van der Waals surface area contributed by atoms with Gasteiger partial charge in [0.1, 0.15) is 5.75 Å². The first-order valence-electron chi connectivity index (χ1n) is 8.84. The lowest BCUT2D eigenvalue weighted by Crippen LogP contribution is -2.14. The Hall–Kier alpha value is -2.75. The minimum atomic E-state index is -3.83. The molecule has 2 N–H and O–H groups in total. The molecule has 3 aromatic carbocycles. The van der Waals surface area contributed by atoms with Crippen LogP contribution in [0.3, 0.4) is 0 Å². The molecular weight excluding hydrogens is 448 g/mol. The molecule has 0 bridgehead atoms. The number of hydrogen-bond acceptors (Lipinski definition) is 5. The van der Waals surface area contributed by atoms with Crippen molar-refractivity contribution in [1.29, 1.82) is 0 Å². The van der Waals surface area contributed by atoms with Crippen molar-refractivity contribution >= 4 is 43.0 Å². The van der Waals surface area contributed by atoms with Gasteiger partial charge in [0.05, 0.1) is 16.4 Å². The maximum Gasteiger partial charge on any atom is 0.261 e. The van der Waals surface area contributed by atoms with Gasteiger partial charge in [-0.25, -0.2) is 16.8 Å². The van der Waals surface area contributed by atoms with Crippen LogP contribution in [0.4, 0.5) is 11.4 Å². The summed E-state index contributed by atoms with van der Waals surface area (Å²) in [5.74, 6) is 0.569. The number of sulfonamides is 2. The number of benzene rings is 3. The van der Waals surface area contributed by atoms with Crippen molar-refractivity contribution in [3.05, 3.63) is 77.8 Å². The third-order valence-electron chi connectivity index (χ3n) is 3.96. The second-order valence-corrected chi connectivity index (χ2v) is 9.95. The quantitative estimate of drug-likeness (QED) is 0.514. The van der Waals surface area contributed by atoms with Gasteiger partial charge in [-0.1, -0.05) is 11.6 Å². The second kappa shape index (κ2) is 8.95. The largest absolute Gasteiger partial charge is 0.494 e. The maximum atomic E-state index is 12.5. The van der Waals surface area contributed by atoms with Crippen LogP contribution in [0.15, 0.2) is 82.6 Å². The van der Waals surface area contributed by atoms with Gasteiger partial charge in [-0.05, 0) is 79.7 Å². The Morgan fingerprint density at radius 2 is 1.10 bits per heavy atom. The third-order valence-corrected chi connectivity index (χ3v) is 7.00. The van der Waals surface area contributed by atoms with Crippen molar-refractivity contribution in [2.24, 2.45) is 0 Å². The highest BCUT2D eigenvalue weighted by Gasteiger charge is 2.17. The van der Waals surface area contributed by atoms with Crippen LogP contribution in [0.25, 0.3) is 0 Å². The molecule has 0 spiro atoms. The fraction of sp³-hybridized carbons (Fsp3) is 0.100. The maximum absolute atomic E-state index is 12.5. The van der Waals surface area contributed by atoms with E-state index in [1.165, 1.54) is 36.4 Å². The molecule has 0 saturated carbocycles. The van der Waals surface area contributed by atoms with E-state index in [4.69, 9.17) is 16.3 Å². The highest BCUT2D eigenvalue weighted by atomic mass is 35.5. The Labute approximate surface area is 180 Å². The van der Waals surface area contributed by atoms with Crippen molar-refractivity contribution in [2.45, 2.75) is 16.7 Å². The Morgan fingerprint density at radius 1 is 0.700 bits per heavy atom. The summed E-state index contributed by atoms with van der Waals surface area (Å²) >= 11 is 5.80. The zero-order valence-corrected chi connectivity index (χ0v) is 18.3. The van der Waals surface area contributed by atoms with E-state index in [0.29, 0.717) is 23.1 Å². The molecule has 0 aliphatic rings. The van der Waals surface area contributed by atoms with Crippen molar-refractivity contribution in [3.8, 4) is 5.75 Å². The molecule has 0 aliphatic carbocycles. The molecule has 0 aliphatic heterocycles. The van der Waals surface area contributed by atoms with Crippen LogP contribution in [0.2, 0.25) is 5.02 Å². The van der Waals surface area contributed by atoms with E-state index < -0.39 is 20.0 Å². The highest BCUT2D eigenvalue weighted by molar-refractivity contribution is 7.93. The highest BCUT2D eigenvalue weighted by Crippen LogP contribution is 2.22. The molecule has 0 unspecified atom stereocenters. The van der Waals surface area contributed by atoms with E-state index in [2.05, 4.69) is 9.44 Å². The van der Waals surface area contributed by atoms with Crippen LogP contribution in [0.1, 0.15) is 6.92 Å². The van der Waals surface area contributed by atoms with Crippen LogP contribution in [0, 0.1) is 0 Å². The van der Waals surface area contributed by atoms with Gasteiger partial charge in [-0.2, -0.15) is 0 Å². The van der Waals surface area contributed by atoms with Gasteiger partial charge in [0.2, 0.25) is 0 Å². The lowest BCUT2D eigenvalue weighted by Gasteiger charge is -2.11. The first kappa shape index (κ1) is 21.9. The van der Waals surface area contributed by atoms with E-state index >= 15 is 0 Å². The van der Waals surface area contributed by atoms with E-state index in [0.717, 1.165) is 0 Å². The summed E-state index contributed by atoms with van der Waals surface area (Å²) in [4.78, 5) is 0.0496.